The van der Waals surface area contributed by atoms with Crippen molar-refractivity contribution in [3.8, 4) is 17.2 Å². The molecule has 0 bridgehead atoms. The predicted molar refractivity (Wildman–Crippen MR) is 130 cm³/mol. The number of fused-ring (bicyclic) bond motifs is 3. The highest BCUT2D eigenvalue weighted by atomic mass is 16.5. The maximum atomic E-state index is 13.5. The topological polar surface area (TPSA) is 64.4 Å². The molecular weight excluding hydrogens is 416 g/mol. The van der Waals surface area contributed by atoms with Crippen molar-refractivity contribution >= 4 is 33.7 Å². The van der Waals surface area contributed by atoms with Gasteiger partial charge in [0.2, 0.25) is 5.75 Å². The van der Waals surface area contributed by atoms with Crippen molar-refractivity contribution in [3.05, 3.63) is 66.0 Å². The predicted octanol–water partition coefficient (Wildman–Crippen LogP) is 5.33. The zero-order chi connectivity index (χ0) is 23.4. The Bertz CT molecular complexity index is 1310. The van der Waals surface area contributed by atoms with Crippen LogP contribution < -0.4 is 18.8 Å². The molecule has 6 nitrogen and oxygen atoms in total. The first-order valence-corrected chi connectivity index (χ1v) is 11.1. The standard InChI is InChI=1S/C27H28N2O4/c1-5-6-14-29-15-13-20-19-9-7-8-10-21(19)28-25(20)26(29)22(30)12-11-18-16-23(31-2)27(33-4)24(17-18)32-3/h7-13,15-17H,5-6,14H2,1-4H3/p+1/b12-11+. The van der Waals surface area contributed by atoms with Gasteiger partial charge in [-0.1, -0.05) is 37.6 Å². The fraction of sp³-hybridized carbons (Fsp3) is 0.259. The van der Waals surface area contributed by atoms with Crippen LogP contribution in [0.5, 0.6) is 17.2 Å². The maximum Gasteiger partial charge on any atom is 0.277 e. The number of ketones is 1. The van der Waals surface area contributed by atoms with Crippen LogP contribution in [0.3, 0.4) is 0 Å². The normalized spacial score (nSPS) is 11.4. The van der Waals surface area contributed by atoms with Gasteiger partial charge in [-0.3, -0.25) is 4.79 Å². The van der Waals surface area contributed by atoms with Crippen LogP contribution in [0.4, 0.5) is 0 Å². The summed E-state index contributed by atoms with van der Waals surface area (Å²) in [6.07, 6.45) is 7.43. The van der Waals surface area contributed by atoms with E-state index in [-0.39, 0.29) is 5.78 Å². The second kappa shape index (κ2) is 9.77. The van der Waals surface area contributed by atoms with Gasteiger partial charge in [0, 0.05) is 28.8 Å². The molecule has 0 saturated heterocycles. The van der Waals surface area contributed by atoms with Crippen molar-refractivity contribution < 1.29 is 23.6 Å². The van der Waals surface area contributed by atoms with E-state index in [9.17, 15) is 4.79 Å². The van der Waals surface area contributed by atoms with Gasteiger partial charge in [-0.05, 0) is 29.8 Å². The second-order valence-corrected chi connectivity index (χ2v) is 7.83. The molecule has 4 rings (SSSR count). The van der Waals surface area contributed by atoms with Gasteiger partial charge in [-0.2, -0.15) is 4.57 Å². The number of aromatic amines is 1. The van der Waals surface area contributed by atoms with E-state index in [4.69, 9.17) is 14.2 Å². The molecule has 2 aromatic carbocycles. The lowest BCUT2D eigenvalue weighted by Gasteiger charge is -2.12. The highest BCUT2D eigenvalue weighted by Gasteiger charge is 2.24. The number of para-hydroxylation sites is 1. The lowest BCUT2D eigenvalue weighted by molar-refractivity contribution is -0.697. The summed E-state index contributed by atoms with van der Waals surface area (Å²) in [5.74, 6) is 1.53. The van der Waals surface area contributed by atoms with Crippen molar-refractivity contribution in [2.75, 3.05) is 21.3 Å². The molecule has 0 aliphatic heterocycles. The highest BCUT2D eigenvalue weighted by molar-refractivity contribution is 6.16. The van der Waals surface area contributed by atoms with Crippen LogP contribution in [-0.2, 0) is 6.54 Å². The zero-order valence-corrected chi connectivity index (χ0v) is 19.5. The number of carbonyl (C=O) groups is 1. The molecule has 0 spiro atoms. The Kier molecular flexibility index (Phi) is 6.63. The average Bonchev–Trinajstić information content (AvgIpc) is 3.23. The van der Waals surface area contributed by atoms with Crippen LogP contribution in [0.25, 0.3) is 27.9 Å². The van der Waals surface area contributed by atoms with E-state index in [0.29, 0.717) is 22.9 Å². The number of nitrogens with one attached hydrogen (secondary N) is 1. The summed E-state index contributed by atoms with van der Waals surface area (Å²) in [5.41, 5.74) is 3.31. The number of allylic oxidation sites excluding steroid dienone is 1. The molecule has 0 radical (unpaired) electrons. The molecule has 0 aliphatic rings. The van der Waals surface area contributed by atoms with Crippen LogP contribution in [-0.4, -0.2) is 32.1 Å². The smallest absolute Gasteiger partial charge is 0.277 e. The first-order chi connectivity index (χ1) is 16.1. The van der Waals surface area contributed by atoms with Crippen LogP contribution in [0.1, 0.15) is 35.8 Å². The maximum absolute atomic E-state index is 13.5. The fourth-order valence-electron chi connectivity index (χ4n) is 4.13. The number of hydrogen-bond donors (Lipinski definition) is 1. The van der Waals surface area contributed by atoms with Gasteiger partial charge in [0.1, 0.15) is 12.1 Å². The molecule has 0 atom stereocenters. The number of H-pyrrole nitrogens is 1. The minimum absolute atomic E-state index is 0.0722. The molecule has 2 heterocycles. The molecule has 170 valence electrons. The molecule has 0 fully saturated rings. The lowest BCUT2D eigenvalue weighted by atomic mass is 10.1. The van der Waals surface area contributed by atoms with Gasteiger partial charge in [-0.15, -0.1) is 0 Å². The molecule has 6 heteroatoms. The number of ether oxygens (including phenoxy) is 3. The van der Waals surface area contributed by atoms with Crippen LogP contribution in [0, 0.1) is 0 Å². The van der Waals surface area contributed by atoms with Crippen molar-refractivity contribution in [3.63, 3.8) is 0 Å². The summed E-state index contributed by atoms with van der Waals surface area (Å²) in [7, 11) is 4.71. The second-order valence-electron chi connectivity index (χ2n) is 7.83. The van der Waals surface area contributed by atoms with Crippen LogP contribution >= 0.6 is 0 Å². The number of benzene rings is 2. The van der Waals surface area contributed by atoms with E-state index in [0.717, 1.165) is 46.8 Å². The largest absolute Gasteiger partial charge is 0.493 e. The number of rotatable bonds is 9. The zero-order valence-electron chi connectivity index (χ0n) is 19.5. The summed E-state index contributed by atoms with van der Waals surface area (Å²) in [6, 6.07) is 13.8. The Morgan fingerprint density at radius 2 is 1.73 bits per heavy atom. The summed E-state index contributed by atoms with van der Waals surface area (Å²) < 4.78 is 18.3. The molecule has 0 amide bonds. The van der Waals surface area contributed by atoms with E-state index >= 15 is 0 Å². The number of carbonyl (C=O) groups excluding carboxylic acids is 1. The molecule has 0 aliphatic carbocycles. The number of methoxy groups -OCH3 is 3. The highest BCUT2D eigenvalue weighted by Crippen LogP contribution is 2.38. The Balaban J connectivity index is 1.79. The molecule has 4 aromatic rings. The summed E-state index contributed by atoms with van der Waals surface area (Å²) in [5, 5.41) is 2.15. The average molecular weight is 446 g/mol. The van der Waals surface area contributed by atoms with Gasteiger partial charge >= 0.3 is 0 Å². The first-order valence-electron chi connectivity index (χ1n) is 11.1. The number of aromatic nitrogens is 2. The van der Waals surface area contributed by atoms with Crippen molar-refractivity contribution in [1.29, 1.82) is 0 Å². The Hall–Kier alpha value is -3.80. The number of aryl methyl sites for hydroxylation is 1. The van der Waals surface area contributed by atoms with Gasteiger partial charge in [0.15, 0.2) is 17.7 Å². The third kappa shape index (κ3) is 4.29. The van der Waals surface area contributed by atoms with E-state index in [2.05, 4.69) is 24.0 Å². The minimum atomic E-state index is -0.0722. The molecule has 0 saturated carbocycles. The van der Waals surface area contributed by atoms with Crippen molar-refractivity contribution in [2.45, 2.75) is 26.3 Å². The van der Waals surface area contributed by atoms with E-state index in [1.807, 2.05) is 41.1 Å². The molecule has 2 aromatic heterocycles. The lowest BCUT2D eigenvalue weighted by Crippen LogP contribution is -2.40. The van der Waals surface area contributed by atoms with Gasteiger partial charge < -0.3 is 19.2 Å². The number of hydrogen-bond acceptors (Lipinski definition) is 4. The van der Waals surface area contributed by atoms with Gasteiger partial charge in [0.25, 0.3) is 11.5 Å². The van der Waals surface area contributed by atoms with E-state index in [1.54, 1.807) is 33.5 Å². The quantitative estimate of drug-likeness (QED) is 0.215. The number of nitrogens with zero attached hydrogens (tertiary/aromatic N) is 1. The number of unbranched alkanes of at least 4 members (excludes halogenated alkanes) is 1. The Morgan fingerprint density at radius 3 is 2.39 bits per heavy atom. The molecule has 0 unspecified atom stereocenters. The third-order valence-electron chi connectivity index (χ3n) is 5.79. The van der Waals surface area contributed by atoms with Crippen LogP contribution in [0.2, 0.25) is 0 Å². The Labute approximate surface area is 193 Å². The fourth-order valence-corrected chi connectivity index (χ4v) is 4.13. The van der Waals surface area contributed by atoms with Crippen molar-refractivity contribution in [1.82, 2.24) is 4.98 Å². The summed E-state index contributed by atoms with van der Waals surface area (Å²) in [6.45, 7) is 2.93. The first kappa shape index (κ1) is 22.4. The summed E-state index contributed by atoms with van der Waals surface area (Å²) >= 11 is 0. The van der Waals surface area contributed by atoms with Gasteiger partial charge in [-0.25, -0.2) is 0 Å². The monoisotopic (exact) mass is 445 g/mol. The SMILES string of the molecule is CCCC[n+]1ccc2c([nH]c3ccccc32)c1C(=O)/C=C/c1cc(OC)c(OC)c(OC)c1. The third-order valence-corrected chi connectivity index (χ3v) is 5.79. The Morgan fingerprint density at radius 1 is 1.00 bits per heavy atom. The van der Waals surface area contributed by atoms with E-state index < -0.39 is 0 Å². The number of pyridine rings is 1. The molecular formula is C27H29N2O4+. The molecule has 1 N–H and O–H groups in total. The van der Waals surface area contributed by atoms with Crippen molar-refractivity contribution in [2.24, 2.45) is 0 Å². The van der Waals surface area contributed by atoms with E-state index in [1.165, 1.54) is 0 Å². The van der Waals surface area contributed by atoms with Crippen LogP contribution in [0.15, 0.2) is 54.7 Å². The molecule has 33 heavy (non-hydrogen) atoms. The summed E-state index contributed by atoms with van der Waals surface area (Å²) in [4.78, 5) is 17.0. The van der Waals surface area contributed by atoms with Gasteiger partial charge in [0.05, 0.1) is 21.3 Å². The minimum Gasteiger partial charge on any atom is -0.493 e.